The Hall–Kier alpha value is -2.97. The first-order chi connectivity index (χ1) is 14.0. The molecule has 0 atom stereocenters. The maximum Gasteiger partial charge on any atom is 0.351 e. The molecule has 29 heavy (non-hydrogen) atoms. The van der Waals surface area contributed by atoms with Crippen LogP contribution in [0.5, 0.6) is 11.5 Å². The highest BCUT2D eigenvalue weighted by Gasteiger charge is 2.21. The first-order valence-electron chi connectivity index (χ1n) is 8.66. The molecule has 0 aliphatic rings. The number of nitrogens with one attached hydrogen (secondary N) is 2. The quantitative estimate of drug-likeness (QED) is 0.508. The third kappa shape index (κ3) is 4.55. The number of hydrogen-bond acceptors (Lipinski definition) is 6. The molecule has 2 aromatic carbocycles. The zero-order chi connectivity index (χ0) is 21.0. The van der Waals surface area contributed by atoms with Gasteiger partial charge in [-0.15, -0.1) is 11.3 Å². The summed E-state index contributed by atoms with van der Waals surface area (Å²) in [6.07, 6.45) is 0. The highest BCUT2D eigenvalue weighted by atomic mass is 35.5. The summed E-state index contributed by atoms with van der Waals surface area (Å²) in [5.41, 5.74) is 0.975. The minimum absolute atomic E-state index is 0.384. The van der Waals surface area contributed by atoms with Crippen molar-refractivity contribution in [1.82, 2.24) is 0 Å². The maximum atomic E-state index is 12.4. The average Bonchev–Trinajstić information content (AvgIpc) is 3.06. The second-order valence-corrected chi connectivity index (χ2v) is 7.31. The third-order valence-corrected chi connectivity index (χ3v) is 5.34. The van der Waals surface area contributed by atoms with Gasteiger partial charge < -0.3 is 24.8 Å². The van der Waals surface area contributed by atoms with Gasteiger partial charge in [0.25, 0.3) is 0 Å². The Balaban J connectivity index is 1.87. The maximum absolute atomic E-state index is 12.4. The molecule has 0 bridgehead atoms. The van der Waals surface area contributed by atoms with Crippen molar-refractivity contribution in [3.05, 3.63) is 46.3 Å². The zero-order valence-electron chi connectivity index (χ0n) is 16.0. The van der Waals surface area contributed by atoms with Crippen molar-refractivity contribution in [1.29, 1.82) is 0 Å². The summed E-state index contributed by atoms with van der Waals surface area (Å²) in [4.78, 5) is 24.9. The molecule has 0 fully saturated rings. The van der Waals surface area contributed by atoms with Crippen molar-refractivity contribution in [3.63, 3.8) is 0 Å². The van der Waals surface area contributed by atoms with Crippen LogP contribution in [0.1, 0.15) is 16.6 Å². The van der Waals surface area contributed by atoms with Crippen LogP contribution in [-0.2, 0) is 4.74 Å². The van der Waals surface area contributed by atoms with Crippen molar-refractivity contribution in [2.45, 2.75) is 6.92 Å². The number of amides is 2. The van der Waals surface area contributed by atoms with Crippen molar-refractivity contribution in [2.24, 2.45) is 0 Å². The lowest BCUT2D eigenvalue weighted by Crippen LogP contribution is -2.19. The zero-order valence-corrected chi connectivity index (χ0v) is 17.6. The van der Waals surface area contributed by atoms with Crippen LogP contribution in [0.25, 0.3) is 10.1 Å². The van der Waals surface area contributed by atoms with Crippen LogP contribution in [0.4, 0.5) is 16.2 Å². The third-order valence-electron chi connectivity index (χ3n) is 3.97. The molecular formula is C20H19ClN2O5S. The van der Waals surface area contributed by atoms with Crippen molar-refractivity contribution in [2.75, 3.05) is 31.5 Å². The molecule has 0 unspecified atom stereocenters. The summed E-state index contributed by atoms with van der Waals surface area (Å²) in [7, 11) is 2.83. The average molecular weight is 435 g/mol. The Morgan fingerprint density at radius 2 is 1.90 bits per heavy atom. The number of urea groups is 1. The monoisotopic (exact) mass is 434 g/mol. The van der Waals surface area contributed by atoms with Gasteiger partial charge in [0, 0.05) is 20.8 Å². The highest BCUT2D eigenvalue weighted by molar-refractivity contribution is 7.21. The molecule has 3 rings (SSSR count). The van der Waals surface area contributed by atoms with E-state index in [-0.39, 0.29) is 0 Å². The Morgan fingerprint density at radius 3 is 2.59 bits per heavy atom. The predicted molar refractivity (Wildman–Crippen MR) is 115 cm³/mol. The molecule has 1 heterocycles. The number of methoxy groups -OCH3 is 2. The molecule has 7 nitrogen and oxygen atoms in total. The van der Waals surface area contributed by atoms with Crippen LogP contribution in [0, 0.1) is 0 Å². The normalized spacial score (nSPS) is 10.5. The molecule has 3 aromatic rings. The molecule has 0 saturated heterocycles. The highest BCUT2D eigenvalue weighted by Crippen LogP contribution is 2.39. The summed E-state index contributed by atoms with van der Waals surface area (Å²) in [5.74, 6) is 0.467. The molecule has 2 amide bonds. The van der Waals surface area contributed by atoms with E-state index in [2.05, 4.69) is 10.6 Å². The number of carbonyl (C=O) groups is 2. The second-order valence-electron chi connectivity index (χ2n) is 5.82. The van der Waals surface area contributed by atoms with E-state index in [1.807, 2.05) is 13.0 Å². The lowest BCUT2D eigenvalue weighted by Gasteiger charge is -2.12. The molecule has 1 aromatic heterocycles. The van der Waals surface area contributed by atoms with Crippen LogP contribution < -0.4 is 20.1 Å². The number of benzene rings is 2. The van der Waals surface area contributed by atoms with E-state index in [1.165, 1.54) is 25.6 Å². The van der Waals surface area contributed by atoms with E-state index in [1.54, 1.807) is 30.3 Å². The lowest BCUT2D eigenvalue weighted by atomic mass is 10.2. The minimum Gasteiger partial charge on any atom is -0.495 e. The van der Waals surface area contributed by atoms with Crippen molar-refractivity contribution >= 4 is 56.4 Å². The summed E-state index contributed by atoms with van der Waals surface area (Å²) in [6.45, 7) is 2.22. The number of halogens is 1. The van der Waals surface area contributed by atoms with Gasteiger partial charge in [0.05, 0.1) is 26.5 Å². The van der Waals surface area contributed by atoms with E-state index in [0.717, 1.165) is 10.1 Å². The summed E-state index contributed by atoms with van der Waals surface area (Å²) < 4.78 is 16.6. The molecule has 0 radical (unpaired) electrons. The molecule has 9 heteroatoms. The van der Waals surface area contributed by atoms with Gasteiger partial charge in [-0.05, 0) is 43.3 Å². The largest absolute Gasteiger partial charge is 0.495 e. The summed E-state index contributed by atoms with van der Waals surface area (Å²) in [5, 5.41) is 6.66. The number of fused-ring (bicyclic) bond motifs is 1. The Kier molecular flexibility index (Phi) is 6.46. The first-order valence-corrected chi connectivity index (χ1v) is 9.85. The van der Waals surface area contributed by atoms with Crippen LogP contribution in [0.3, 0.4) is 0 Å². The van der Waals surface area contributed by atoms with Crippen LogP contribution in [-0.4, -0.2) is 32.8 Å². The van der Waals surface area contributed by atoms with E-state index >= 15 is 0 Å². The van der Waals surface area contributed by atoms with Gasteiger partial charge in [0.2, 0.25) is 0 Å². The number of esters is 1. The predicted octanol–water partition coefficient (Wildman–Crippen LogP) is 5.39. The molecule has 2 N–H and O–H groups in total. The fourth-order valence-corrected chi connectivity index (χ4v) is 3.95. The van der Waals surface area contributed by atoms with Crippen molar-refractivity contribution < 1.29 is 23.8 Å². The molecule has 0 aliphatic carbocycles. The minimum atomic E-state index is -0.466. The summed E-state index contributed by atoms with van der Waals surface area (Å²) in [6, 6.07) is 9.76. The van der Waals surface area contributed by atoms with E-state index in [9.17, 15) is 9.59 Å². The molecule has 0 saturated carbocycles. The van der Waals surface area contributed by atoms with Crippen LogP contribution >= 0.6 is 22.9 Å². The second kappa shape index (κ2) is 9.02. The number of hydrogen-bond donors (Lipinski definition) is 2. The fourth-order valence-electron chi connectivity index (χ4n) is 2.73. The Labute approximate surface area is 176 Å². The number of carbonyl (C=O) groups excluding carboxylic acids is 2. The van der Waals surface area contributed by atoms with Gasteiger partial charge in [0.1, 0.15) is 5.75 Å². The molecule has 0 aliphatic heterocycles. The van der Waals surface area contributed by atoms with Gasteiger partial charge in [-0.2, -0.15) is 0 Å². The fraction of sp³-hybridized carbons (Fsp3) is 0.200. The van der Waals surface area contributed by atoms with Crippen molar-refractivity contribution in [3.8, 4) is 11.5 Å². The molecule has 152 valence electrons. The van der Waals surface area contributed by atoms with E-state index in [0.29, 0.717) is 39.4 Å². The van der Waals surface area contributed by atoms with Gasteiger partial charge in [-0.25, -0.2) is 9.59 Å². The molecular weight excluding hydrogens is 416 g/mol. The number of rotatable bonds is 6. The first kappa shape index (κ1) is 20.8. The number of thiophene rings is 1. The number of ether oxygens (including phenoxy) is 3. The van der Waals surface area contributed by atoms with Crippen LogP contribution in [0.2, 0.25) is 5.02 Å². The molecule has 0 spiro atoms. The van der Waals surface area contributed by atoms with Gasteiger partial charge >= 0.3 is 12.0 Å². The Bertz CT molecular complexity index is 1070. The van der Waals surface area contributed by atoms with E-state index in [4.69, 9.17) is 25.8 Å². The SMILES string of the molecule is CCOc1c(C(=O)OC)sc2ccc(NC(=O)Nc3cc(Cl)ccc3OC)cc12. The lowest BCUT2D eigenvalue weighted by molar-refractivity contribution is 0.0602. The standard InChI is InChI=1S/C20H19ClN2O5S/c1-4-28-17-13-10-12(6-8-16(13)29-18(17)19(24)27-3)22-20(25)23-14-9-11(21)5-7-15(14)26-2/h5-10H,4H2,1-3H3,(H2,22,23,25). The van der Waals surface area contributed by atoms with Crippen LogP contribution in [0.15, 0.2) is 36.4 Å². The smallest absolute Gasteiger partial charge is 0.351 e. The van der Waals surface area contributed by atoms with Gasteiger partial charge in [0.15, 0.2) is 10.6 Å². The summed E-state index contributed by atoms with van der Waals surface area (Å²) >= 11 is 7.27. The topological polar surface area (TPSA) is 85.9 Å². The van der Waals surface area contributed by atoms with Gasteiger partial charge in [-0.1, -0.05) is 11.6 Å². The van der Waals surface area contributed by atoms with Gasteiger partial charge in [-0.3, -0.25) is 0 Å². The number of anilines is 2. The van der Waals surface area contributed by atoms with E-state index < -0.39 is 12.0 Å². The Morgan fingerprint density at radius 1 is 1.10 bits per heavy atom.